The van der Waals surface area contributed by atoms with Crippen LogP contribution in [0.15, 0.2) is 0 Å². The van der Waals surface area contributed by atoms with Gasteiger partial charge in [-0.25, -0.2) is 0 Å². The quantitative estimate of drug-likeness (QED) is 0.710. The Labute approximate surface area is 93.9 Å². The van der Waals surface area contributed by atoms with Gasteiger partial charge in [-0.15, -0.1) is 0 Å². The summed E-state index contributed by atoms with van der Waals surface area (Å²) in [6, 6.07) is -0.0378. The standard InChI is InChI=1S/C10H20F3NO2/c1-3-8(4-2)14(5-6-15)7-9(16)10(11,12)13/h8-9,15-16H,3-7H2,1-2H3. The van der Waals surface area contributed by atoms with Crippen LogP contribution in [0.5, 0.6) is 0 Å². The SMILES string of the molecule is CCC(CC)N(CCO)CC(O)C(F)(F)F. The number of nitrogens with zero attached hydrogens (tertiary/aromatic N) is 1. The normalized spacial score (nSPS) is 14.8. The Kier molecular flexibility index (Phi) is 6.94. The zero-order valence-electron chi connectivity index (χ0n) is 9.67. The molecule has 0 spiro atoms. The second kappa shape index (κ2) is 7.09. The average Bonchev–Trinajstić information content (AvgIpc) is 2.18. The van der Waals surface area contributed by atoms with Gasteiger partial charge in [0.25, 0.3) is 0 Å². The molecule has 0 rings (SSSR count). The van der Waals surface area contributed by atoms with Crippen molar-refractivity contribution in [1.82, 2.24) is 4.90 Å². The first-order valence-electron chi connectivity index (χ1n) is 5.46. The fourth-order valence-corrected chi connectivity index (χ4v) is 1.68. The van der Waals surface area contributed by atoms with E-state index < -0.39 is 18.8 Å². The zero-order valence-corrected chi connectivity index (χ0v) is 9.67. The molecule has 0 fully saturated rings. The van der Waals surface area contributed by atoms with Gasteiger partial charge in [-0.05, 0) is 12.8 Å². The minimum atomic E-state index is -4.60. The van der Waals surface area contributed by atoms with Crippen LogP contribution in [-0.4, -0.2) is 53.1 Å². The van der Waals surface area contributed by atoms with Crippen LogP contribution in [-0.2, 0) is 0 Å². The molecule has 0 aromatic rings. The van der Waals surface area contributed by atoms with Gasteiger partial charge in [0.1, 0.15) is 0 Å². The first-order chi connectivity index (χ1) is 7.36. The molecule has 0 aliphatic heterocycles. The van der Waals surface area contributed by atoms with E-state index in [0.29, 0.717) is 12.8 Å². The lowest BCUT2D eigenvalue weighted by Gasteiger charge is -2.32. The largest absolute Gasteiger partial charge is 0.415 e. The number of aliphatic hydroxyl groups excluding tert-OH is 2. The molecule has 0 aliphatic rings. The van der Waals surface area contributed by atoms with E-state index in [1.54, 1.807) is 0 Å². The average molecular weight is 243 g/mol. The van der Waals surface area contributed by atoms with Crippen molar-refractivity contribution in [2.75, 3.05) is 19.7 Å². The third-order valence-corrected chi connectivity index (χ3v) is 2.63. The van der Waals surface area contributed by atoms with Crippen LogP contribution in [0, 0.1) is 0 Å². The van der Waals surface area contributed by atoms with Crippen LogP contribution < -0.4 is 0 Å². The van der Waals surface area contributed by atoms with Crippen LogP contribution in [0.1, 0.15) is 26.7 Å². The number of halogens is 3. The summed E-state index contributed by atoms with van der Waals surface area (Å²) in [5.74, 6) is 0. The van der Waals surface area contributed by atoms with E-state index in [0.717, 1.165) is 0 Å². The van der Waals surface area contributed by atoms with Crippen LogP contribution in [0.3, 0.4) is 0 Å². The van der Waals surface area contributed by atoms with Crippen LogP contribution in [0.4, 0.5) is 13.2 Å². The van der Waals surface area contributed by atoms with Crippen molar-refractivity contribution in [3.63, 3.8) is 0 Å². The molecule has 98 valence electrons. The molecule has 1 unspecified atom stereocenters. The first kappa shape index (κ1) is 15.7. The minimum Gasteiger partial charge on any atom is -0.395 e. The fourth-order valence-electron chi connectivity index (χ4n) is 1.68. The van der Waals surface area contributed by atoms with Gasteiger partial charge in [0.05, 0.1) is 6.61 Å². The molecule has 16 heavy (non-hydrogen) atoms. The van der Waals surface area contributed by atoms with E-state index in [2.05, 4.69) is 0 Å². The molecular weight excluding hydrogens is 223 g/mol. The number of hydrogen-bond donors (Lipinski definition) is 2. The molecule has 0 saturated heterocycles. The molecule has 0 bridgehead atoms. The van der Waals surface area contributed by atoms with Crippen molar-refractivity contribution in [2.45, 2.75) is 45.0 Å². The van der Waals surface area contributed by atoms with Crippen LogP contribution >= 0.6 is 0 Å². The molecule has 0 heterocycles. The van der Waals surface area contributed by atoms with Gasteiger partial charge in [0, 0.05) is 19.1 Å². The maximum absolute atomic E-state index is 12.2. The molecule has 0 radical (unpaired) electrons. The predicted octanol–water partition coefficient (Wildman–Crippen LogP) is 1.39. The maximum Gasteiger partial charge on any atom is 0.415 e. The van der Waals surface area contributed by atoms with Gasteiger partial charge in [-0.1, -0.05) is 13.8 Å². The van der Waals surface area contributed by atoms with Crippen molar-refractivity contribution in [1.29, 1.82) is 0 Å². The monoisotopic (exact) mass is 243 g/mol. The highest BCUT2D eigenvalue weighted by atomic mass is 19.4. The van der Waals surface area contributed by atoms with Gasteiger partial charge in [-0.3, -0.25) is 4.90 Å². The van der Waals surface area contributed by atoms with Gasteiger partial charge < -0.3 is 10.2 Å². The Morgan fingerprint density at radius 2 is 1.69 bits per heavy atom. The first-order valence-corrected chi connectivity index (χ1v) is 5.46. The lowest BCUT2D eigenvalue weighted by molar-refractivity contribution is -0.209. The lowest BCUT2D eigenvalue weighted by Crippen LogP contribution is -2.46. The lowest BCUT2D eigenvalue weighted by atomic mass is 10.1. The Morgan fingerprint density at radius 1 is 1.19 bits per heavy atom. The number of rotatable bonds is 7. The van der Waals surface area contributed by atoms with E-state index in [-0.39, 0.29) is 19.2 Å². The predicted molar refractivity (Wildman–Crippen MR) is 55.1 cm³/mol. The second-order valence-electron chi connectivity index (χ2n) is 3.75. The Bertz CT molecular complexity index is 183. The molecule has 0 aromatic carbocycles. The Morgan fingerprint density at radius 3 is 2.00 bits per heavy atom. The second-order valence-corrected chi connectivity index (χ2v) is 3.75. The molecule has 0 amide bonds. The summed E-state index contributed by atoms with van der Waals surface area (Å²) >= 11 is 0. The summed E-state index contributed by atoms with van der Waals surface area (Å²) in [7, 11) is 0. The molecule has 1 atom stereocenters. The van der Waals surface area contributed by atoms with Gasteiger partial charge >= 0.3 is 6.18 Å². The summed E-state index contributed by atoms with van der Waals surface area (Å²) < 4.78 is 36.5. The molecular formula is C10H20F3NO2. The van der Waals surface area contributed by atoms with Crippen molar-refractivity contribution in [2.24, 2.45) is 0 Å². The summed E-state index contributed by atoms with van der Waals surface area (Å²) in [6.07, 6.45) is -5.55. The molecule has 3 nitrogen and oxygen atoms in total. The summed E-state index contributed by atoms with van der Waals surface area (Å²) in [5, 5.41) is 17.8. The highest BCUT2D eigenvalue weighted by molar-refractivity contribution is 4.76. The van der Waals surface area contributed by atoms with E-state index in [1.165, 1.54) is 4.90 Å². The van der Waals surface area contributed by atoms with Crippen LogP contribution in [0.25, 0.3) is 0 Å². The summed E-state index contributed by atoms with van der Waals surface area (Å²) in [5.41, 5.74) is 0. The Balaban J connectivity index is 4.43. The van der Waals surface area contributed by atoms with Crippen molar-refractivity contribution < 1.29 is 23.4 Å². The van der Waals surface area contributed by atoms with Gasteiger partial charge in [-0.2, -0.15) is 13.2 Å². The van der Waals surface area contributed by atoms with Gasteiger partial charge in [0.15, 0.2) is 6.10 Å². The highest BCUT2D eigenvalue weighted by Crippen LogP contribution is 2.22. The minimum absolute atomic E-state index is 0.0378. The summed E-state index contributed by atoms with van der Waals surface area (Å²) in [4.78, 5) is 1.48. The third kappa shape index (κ3) is 5.14. The van der Waals surface area contributed by atoms with Crippen molar-refractivity contribution in [3.8, 4) is 0 Å². The maximum atomic E-state index is 12.2. The van der Waals surface area contributed by atoms with Crippen LogP contribution in [0.2, 0.25) is 0 Å². The number of alkyl halides is 3. The molecule has 2 N–H and O–H groups in total. The van der Waals surface area contributed by atoms with Gasteiger partial charge in [0.2, 0.25) is 0 Å². The molecule has 0 saturated carbocycles. The molecule has 6 heteroatoms. The highest BCUT2D eigenvalue weighted by Gasteiger charge is 2.39. The van der Waals surface area contributed by atoms with Crippen molar-refractivity contribution >= 4 is 0 Å². The Hall–Kier alpha value is -0.330. The smallest absolute Gasteiger partial charge is 0.395 e. The number of hydrogen-bond acceptors (Lipinski definition) is 3. The zero-order chi connectivity index (χ0) is 12.8. The fraction of sp³-hybridized carbons (Fsp3) is 1.00. The molecule has 0 aromatic heterocycles. The van der Waals surface area contributed by atoms with E-state index >= 15 is 0 Å². The third-order valence-electron chi connectivity index (χ3n) is 2.63. The topological polar surface area (TPSA) is 43.7 Å². The van der Waals surface area contributed by atoms with E-state index in [9.17, 15) is 13.2 Å². The van der Waals surface area contributed by atoms with Crippen molar-refractivity contribution in [3.05, 3.63) is 0 Å². The van der Waals surface area contributed by atoms with E-state index in [1.807, 2.05) is 13.8 Å². The molecule has 0 aliphatic carbocycles. The van der Waals surface area contributed by atoms with E-state index in [4.69, 9.17) is 10.2 Å². The summed E-state index contributed by atoms with van der Waals surface area (Å²) in [6.45, 7) is 3.22. The number of aliphatic hydroxyl groups is 2.